The minimum atomic E-state index is -1.19. The minimum Gasteiger partial charge on any atom is -0.298 e. The maximum Gasteiger partial charge on any atom is 0.241 e. The fraction of sp³-hybridized carbons (Fsp3) is 0.233. The SMILES string of the molecule is CC12C(=O)C(C)(C(c3ccccc3)=C1c1ccccc1)C1(C)C(=O)N(c3ccccc3)C(=O)C21. The van der Waals surface area contributed by atoms with Crippen molar-refractivity contribution in [2.75, 3.05) is 4.90 Å². The third kappa shape index (κ3) is 2.12. The number of anilines is 1. The molecular weight excluding hydrogens is 422 g/mol. The van der Waals surface area contributed by atoms with Gasteiger partial charge in [-0.1, -0.05) is 78.9 Å². The largest absolute Gasteiger partial charge is 0.298 e. The zero-order chi connectivity index (χ0) is 23.9. The average Bonchev–Trinajstić information content (AvgIpc) is 3.25. The number of amides is 2. The number of benzene rings is 3. The molecule has 34 heavy (non-hydrogen) atoms. The smallest absolute Gasteiger partial charge is 0.241 e. The predicted molar refractivity (Wildman–Crippen MR) is 131 cm³/mol. The van der Waals surface area contributed by atoms with E-state index in [0.717, 1.165) is 22.3 Å². The number of hydrogen-bond donors (Lipinski definition) is 0. The molecule has 0 radical (unpaired) electrons. The minimum absolute atomic E-state index is 0.0420. The van der Waals surface area contributed by atoms with Crippen LogP contribution >= 0.6 is 0 Å². The molecule has 1 heterocycles. The van der Waals surface area contributed by atoms with Gasteiger partial charge in [0, 0.05) is 0 Å². The van der Waals surface area contributed by atoms with Crippen molar-refractivity contribution in [1.82, 2.24) is 0 Å². The molecule has 6 rings (SSSR count). The van der Waals surface area contributed by atoms with Gasteiger partial charge in [0.2, 0.25) is 11.8 Å². The molecule has 0 aromatic heterocycles. The molecule has 1 saturated carbocycles. The summed E-state index contributed by atoms with van der Waals surface area (Å²) in [4.78, 5) is 43.9. The first-order valence-electron chi connectivity index (χ1n) is 11.6. The van der Waals surface area contributed by atoms with E-state index in [4.69, 9.17) is 0 Å². The summed E-state index contributed by atoms with van der Waals surface area (Å²) >= 11 is 0. The van der Waals surface area contributed by atoms with Gasteiger partial charge in [0.15, 0.2) is 5.78 Å². The van der Waals surface area contributed by atoms with E-state index in [1.54, 1.807) is 12.1 Å². The molecule has 0 N–H and O–H groups in total. The lowest BCUT2D eigenvalue weighted by Gasteiger charge is -2.43. The Labute approximate surface area is 198 Å². The lowest BCUT2D eigenvalue weighted by atomic mass is 9.55. The van der Waals surface area contributed by atoms with Crippen LogP contribution in [0.4, 0.5) is 5.69 Å². The van der Waals surface area contributed by atoms with E-state index in [-0.39, 0.29) is 17.6 Å². The summed E-state index contributed by atoms with van der Waals surface area (Å²) in [7, 11) is 0. The fourth-order valence-corrected chi connectivity index (χ4v) is 7.09. The summed E-state index contributed by atoms with van der Waals surface area (Å²) in [6, 6.07) is 28.7. The maximum absolute atomic E-state index is 14.4. The first kappa shape index (κ1) is 20.8. The summed E-state index contributed by atoms with van der Waals surface area (Å²) in [5.41, 5.74) is 0.665. The lowest BCUT2D eigenvalue weighted by Crippen LogP contribution is -2.47. The maximum atomic E-state index is 14.4. The highest BCUT2D eigenvalue weighted by Crippen LogP contribution is 2.78. The van der Waals surface area contributed by atoms with Crippen LogP contribution in [0.25, 0.3) is 11.1 Å². The van der Waals surface area contributed by atoms with Gasteiger partial charge in [-0.05, 0) is 55.2 Å². The molecule has 2 bridgehead atoms. The van der Waals surface area contributed by atoms with E-state index in [1.807, 2.05) is 99.6 Å². The number of carbonyl (C=O) groups excluding carboxylic acids is 3. The van der Waals surface area contributed by atoms with E-state index in [1.165, 1.54) is 4.90 Å². The summed E-state index contributed by atoms with van der Waals surface area (Å²) in [5, 5.41) is 0. The molecule has 1 saturated heterocycles. The lowest BCUT2D eigenvalue weighted by molar-refractivity contribution is -0.135. The van der Waals surface area contributed by atoms with Crippen molar-refractivity contribution in [1.29, 1.82) is 0 Å². The molecule has 3 aromatic carbocycles. The number of para-hydroxylation sites is 1. The van der Waals surface area contributed by atoms with Crippen LogP contribution in [0.2, 0.25) is 0 Å². The van der Waals surface area contributed by atoms with E-state index in [2.05, 4.69) is 0 Å². The number of nitrogens with zero attached hydrogens (tertiary/aromatic N) is 1. The van der Waals surface area contributed by atoms with Crippen LogP contribution in [0, 0.1) is 22.2 Å². The number of imide groups is 1. The van der Waals surface area contributed by atoms with Crippen molar-refractivity contribution in [2.45, 2.75) is 20.8 Å². The summed E-state index contributed by atoms with van der Waals surface area (Å²) in [5.74, 6) is -1.40. The van der Waals surface area contributed by atoms with Crippen LogP contribution in [-0.4, -0.2) is 17.6 Å². The van der Waals surface area contributed by atoms with E-state index >= 15 is 0 Å². The van der Waals surface area contributed by atoms with Gasteiger partial charge in [0.25, 0.3) is 0 Å². The summed E-state index contributed by atoms with van der Waals surface area (Å²) in [6.07, 6.45) is 0. The van der Waals surface area contributed by atoms with E-state index < -0.39 is 22.2 Å². The number of allylic oxidation sites excluding steroid dienone is 2. The molecule has 4 heteroatoms. The Bertz CT molecular complexity index is 1390. The summed E-state index contributed by atoms with van der Waals surface area (Å²) < 4.78 is 0. The highest BCUT2D eigenvalue weighted by molar-refractivity contribution is 6.35. The van der Waals surface area contributed by atoms with Gasteiger partial charge in [-0.15, -0.1) is 0 Å². The third-order valence-electron chi connectivity index (χ3n) is 8.64. The molecular formula is C30H25NO3. The Morgan fingerprint density at radius 1 is 0.647 bits per heavy atom. The van der Waals surface area contributed by atoms with E-state index in [9.17, 15) is 14.4 Å². The van der Waals surface area contributed by atoms with Gasteiger partial charge in [-0.2, -0.15) is 0 Å². The van der Waals surface area contributed by atoms with Crippen molar-refractivity contribution in [3.63, 3.8) is 0 Å². The van der Waals surface area contributed by atoms with Gasteiger partial charge in [-0.3, -0.25) is 14.4 Å². The van der Waals surface area contributed by atoms with Crippen LogP contribution in [0.5, 0.6) is 0 Å². The molecule has 4 atom stereocenters. The van der Waals surface area contributed by atoms with Crippen molar-refractivity contribution < 1.29 is 14.4 Å². The average molecular weight is 448 g/mol. The standard InChI is InChI=1S/C30H25NO3/c1-28-22(19-13-7-4-8-14-19)23(20-15-9-5-10-16-20)29(2,26(28)33)30(3)24(28)25(32)31(27(30)34)21-17-11-6-12-18-21/h4-18,24H,1-3H3. The third-order valence-corrected chi connectivity index (χ3v) is 8.64. The molecule has 4 nitrogen and oxygen atoms in total. The van der Waals surface area contributed by atoms with Gasteiger partial charge in [-0.25, -0.2) is 4.90 Å². The van der Waals surface area contributed by atoms with Crippen LogP contribution in [0.15, 0.2) is 91.0 Å². The van der Waals surface area contributed by atoms with Gasteiger partial charge < -0.3 is 0 Å². The monoisotopic (exact) mass is 447 g/mol. The molecule has 3 aromatic rings. The number of carbonyl (C=O) groups is 3. The van der Waals surface area contributed by atoms with Crippen LogP contribution in [-0.2, 0) is 14.4 Å². The molecule has 2 fully saturated rings. The van der Waals surface area contributed by atoms with Gasteiger partial charge >= 0.3 is 0 Å². The van der Waals surface area contributed by atoms with Crippen LogP contribution in [0.3, 0.4) is 0 Å². The quantitative estimate of drug-likeness (QED) is 0.505. The Morgan fingerprint density at radius 3 is 1.65 bits per heavy atom. The number of fused-ring (bicyclic) bond motifs is 5. The molecule has 0 spiro atoms. The topological polar surface area (TPSA) is 54.5 Å². The van der Waals surface area contributed by atoms with Crippen molar-refractivity contribution >= 4 is 34.4 Å². The van der Waals surface area contributed by atoms with Crippen molar-refractivity contribution in [3.8, 4) is 0 Å². The first-order chi connectivity index (χ1) is 16.3. The van der Waals surface area contributed by atoms with Gasteiger partial charge in [0.05, 0.1) is 27.9 Å². The predicted octanol–water partition coefficient (Wildman–Crippen LogP) is 5.40. The molecule has 1 aliphatic heterocycles. The fourth-order valence-electron chi connectivity index (χ4n) is 7.09. The zero-order valence-corrected chi connectivity index (χ0v) is 19.4. The molecule has 4 unspecified atom stereocenters. The second-order valence-electron chi connectivity index (χ2n) is 10.1. The number of ketones is 1. The molecule has 168 valence electrons. The Morgan fingerprint density at radius 2 is 1.12 bits per heavy atom. The Hall–Kier alpha value is -3.79. The van der Waals surface area contributed by atoms with E-state index in [0.29, 0.717) is 5.69 Å². The van der Waals surface area contributed by atoms with Gasteiger partial charge in [0.1, 0.15) is 0 Å². The molecule has 3 aliphatic rings. The van der Waals surface area contributed by atoms with Crippen molar-refractivity contribution in [2.24, 2.45) is 22.2 Å². The van der Waals surface area contributed by atoms with Crippen LogP contribution in [0.1, 0.15) is 31.9 Å². The Kier molecular flexibility index (Phi) is 4.05. The highest BCUT2D eigenvalue weighted by atomic mass is 16.2. The number of rotatable bonds is 3. The first-order valence-corrected chi connectivity index (χ1v) is 11.6. The summed E-state index contributed by atoms with van der Waals surface area (Å²) in [6.45, 7) is 5.58. The number of hydrogen-bond acceptors (Lipinski definition) is 3. The second-order valence-corrected chi connectivity index (χ2v) is 10.1. The number of Topliss-reactive ketones (excluding diaryl/α,β-unsaturated/α-hetero) is 1. The highest BCUT2D eigenvalue weighted by Gasteiger charge is 2.84. The van der Waals surface area contributed by atoms with Crippen LogP contribution < -0.4 is 4.90 Å². The molecule has 2 aliphatic carbocycles. The van der Waals surface area contributed by atoms with Crippen molar-refractivity contribution in [3.05, 3.63) is 102 Å². The Balaban J connectivity index is 1.68. The zero-order valence-electron chi connectivity index (χ0n) is 19.4. The molecule has 2 amide bonds. The normalized spacial score (nSPS) is 32.0. The second kappa shape index (κ2) is 6.63.